The quantitative estimate of drug-likeness (QED) is 0.125. The predicted molar refractivity (Wildman–Crippen MR) is 163 cm³/mol. The third-order valence-corrected chi connectivity index (χ3v) is 7.81. The van der Waals surface area contributed by atoms with E-state index in [1.807, 2.05) is 0 Å². The van der Waals surface area contributed by atoms with Gasteiger partial charge in [0.15, 0.2) is 5.82 Å². The zero-order valence-corrected chi connectivity index (χ0v) is 24.9. The number of carbonyl (C=O) groups excluding carboxylic acids is 1. The van der Waals surface area contributed by atoms with Crippen LogP contribution in [0.5, 0.6) is 0 Å². The van der Waals surface area contributed by atoms with Crippen molar-refractivity contribution in [3.8, 4) is 22.5 Å². The molecule has 0 fully saturated rings. The highest BCUT2D eigenvalue weighted by molar-refractivity contribution is 6.31. The molecule has 4 unspecified atom stereocenters. The Morgan fingerprint density at radius 2 is 1.98 bits per heavy atom. The van der Waals surface area contributed by atoms with Crippen LogP contribution in [0.25, 0.3) is 22.5 Å². The number of aliphatic hydroxyl groups is 2. The van der Waals surface area contributed by atoms with Crippen LogP contribution in [0.2, 0.25) is 5.02 Å². The minimum Gasteiger partial charge on any atom is -0.390 e. The van der Waals surface area contributed by atoms with Crippen molar-refractivity contribution in [3.05, 3.63) is 87.3 Å². The number of rotatable bonds is 4. The van der Waals surface area contributed by atoms with E-state index in [0.717, 1.165) is 17.3 Å². The SMILES string of the molecule is CC1C(=O)Nc2cnn(C)c2-c2ccnc(c2)C(n2cnc(-c3c(N(N)/C=C(\N)Cl)ccc(Cl)c3F)cc2=O)CC(O)C1O. The maximum atomic E-state index is 15.4. The van der Waals surface area contributed by atoms with Crippen LogP contribution in [0.15, 0.2) is 65.2 Å². The highest BCUT2D eigenvalue weighted by Gasteiger charge is 2.33. The molecule has 7 N–H and O–H groups in total. The maximum Gasteiger partial charge on any atom is 0.254 e. The smallest absolute Gasteiger partial charge is 0.254 e. The monoisotopic (exact) mass is 643 g/mol. The summed E-state index contributed by atoms with van der Waals surface area (Å²) in [5.74, 6) is 3.58. The van der Waals surface area contributed by atoms with Gasteiger partial charge in [-0.15, -0.1) is 0 Å². The molecule has 4 heterocycles. The van der Waals surface area contributed by atoms with E-state index in [-0.39, 0.29) is 33.5 Å². The first-order chi connectivity index (χ1) is 20.9. The number of benzene rings is 1. The molecule has 4 aromatic rings. The lowest BCUT2D eigenvalue weighted by molar-refractivity contribution is -0.126. The van der Waals surface area contributed by atoms with Gasteiger partial charge in [-0.25, -0.2) is 15.2 Å². The van der Waals surface area contributed by atoms with Crippen molar-refractivity contribution < 1.29 is 19.4 Å². The largest absolute Gasteiger partial charge is 0.390 e. The Bertz CT molecular complexity index is 1830. The van der Waals surface area contributed by atoms with Gasteiger partial charge in [-0.1, -0.05) is 30.1 Å². The van der Waals surface area contributed by atoms with Gasteiger partial charge in [0.05, 0.1) is 81.9 Å². The molecule has 0 saturated carbocycles. The van der Waals surface area contributed by atoms with Gasteiger partial charge in [-0.2, -0.15) is 5.10 Å². The molecule has 1 aromatic carbocycles. The van der Waals surface area contributed by atoms with Crippen molar-refractivity contribution in [1.82, 2.24) is 24.3 Å². The number of pyridine rings is 1. The third-order valence-electron chi connectivity index (χ3n) is 7.42. The standard InChI is InChI=1S/C28H28Cl2FN9O4/c1-13-27(43)21(41)9-20(16-7-14(5-6-34-16)26-18(37-28(13)44)10-36-38(26)2)39-12-35-17(8-23(39)42)24-19(40(33)11-22(30)32)4-3-15(29)25(24)31/h3-8,10-13,20-21,27,41,43H,9,32-33H2,1-2H3,(H,37,44)/b22-11-. The van der Waals surface area contributed by atoms with E-state index in [9.17, 15) is 19.8 Å². The Kier molecular flexibility index (Phi) is 8.72. The summed E-state index contributed by atoms with van der Waals surface area (Å²) in [5.41, 5.74) is 6.58. The lowest BCUT2D eigenvalue weighted by atomic mass is 9.92. The molecule has 5 rings (SSSR count). The van der Waals surface area contributed by atoms with Gasteiger partial charge in [0.2, 0.25) is 5.91 Å². The molecule has 0 spiro atoms. The van der Waals surface area contributed by atoms with Crippen LogP contribution >= 0.6 is 23.2 Å². The van der Waals surface area contributed by atoms with Crippen LogP contribution in [-0.4, -0.2) is 52.6 Å². The Hall–Kier alpha value is -4.34. The summed E-state index contributed by atoms with van der Waals surface area (Å²) in [6.07, 6.45) is 2.12. The minimum absolute atomic E-state index is 0.0679. The van der Waals surface area contributed by atoms with Crippen LogP contribution in [0, 0.1) is 11.7 Å². The topological polar surface area (TPSA) is 190 Å². The fourth-order valence-electron chi connectivity index (χ4n) is 5.11. The highest BCUT2D eigenvalue weighted by atomic mass is 35.5. The second kappa shape index (κ2) is 12.3. The number of aliphatic hydroxyl groups excluding tert-OH is 2. The normalized spacial score (nSPS) is 20.7. The average Bonchev–Trinajstić information content (AvgIpc) is 3.34. The average molecular weight is 644 g/mol. The van der Waals surface area contributed by atoms with E-state index in [2.05, 4.69) is 20.4 Å². The number of fused-ring (bicyclic) bond motifs is 4. The van der Waals surface area contributed by atoms with Crippen molar-refractivity contribution in [2.45, 2.75) is 31.6 Å². The second-order valence-corrected chi connectivity index (χ2v) is 11.1. The molecule has 2 bridgehead atoms. The van der Waals surface area contributed by atoms with Crippen LogP contribution in [0.1, 0.15) is 25.1 Å². The lowest BCUT2D eigenvalue weighted by Gasteiger charge is -2.28. The van der Waals surface area contributed by atoms with Gasteiger partial charge < -0.3 is 21.3 Å². The molecular formula is C28H28Cl2FN9O4. The van der Waals surface area contributed by atoms with Gasteiger partial charge in [-0.3, -0.25) is 28.8 Å². The van der Waals surface area contributed by atoms with E-state index in [1.165, 1.54) is 42.3 Å². The van der Waals surface area contributed by atoms with Crippen molar-refractivity contribution in [3.63, 3.8) is 0 Å². The fourth-order valence-corrected chi connectivity index (χ4v) is 5.37. The number of aryl methyl sites for hydroxylation is 1. The summed E-state index contributed by atoms with van der Waals surface area (Å²) in [6, 6.07) is 6.20. The van der Waals surface area contributed by atoms with Gasteiger partial charge in [-0.05, 0) is 24.3 Å². The van der Waals surface area contributed by atoms with Crippen LogP contribution in [-0.2, 0) is 11.8 Å². The molecule has 0 saturated heterocycles. The lowest BCUT2D eigenvalue weighted by Crippen LogP contribution is -2.41. The van der Waals surface area contributed by atoms with E-state index in [1.54, 1.807) is 23.9 Å². The molecule has 1 aliphatic heterocycles. The molecule has 3 aromatic heterocycles. The first kappa shape index (κ1) is 31.1. The third kappa shape index (κ3) is 5.89. The first-order valence-electron chi connectivity index (χ1n) is 13.3. The maximum absolute atomic E-state index is 15.4. The number of halogens is 3. The van der Waals surface area contributed by atoms with E-state index in [0.29, 0.717) is 22.6 Å². The Labute approximate surface area is 260 Å². The first-order valence-corrected chi connectivity index (χ1v) is 14.0. The second-order valence-electron chi connectivity index (χ2n) is 10.3. The fraction of sp³-hybridized carbons (Fsp3) is 0.250. The molecule has 0 aliphatic carbocycles. The van der Waals surface area contributed by atoms with Crippen LogP contribution < -0.4 is 27.5 Å². The van der Waals surface area contributed by atoms with Crippen molar-refractivity contribution in [2.24, 2.45) is 24.5 Å². The summed E-state index contributed by atoms with van der Waals surface area (Å²) in [4.78, 5) is 35.4. The zero-order chi connectivity index (χ0) is 31.9. The number of hydrazine groups is 1. The Balaban J connectivity index is 1.66. The number of hydrogen-bond donors (Lipinski definition) is 5. The molecule has 1 aliphatic rings. The Morgan fingerprint density at radius 3 is 2.68 bits per heavy atom. The van der Waals surface area contributed by atoms with E-state index < -0.39 is 41.5 Å². The van der Waals surface area contributed by atoms with Crippen molar-refractivity contribution in [2.75, 3.05) is 10.3 Å². The summed E-state index contributed by atoms with van der Waals surface area (Å²) in [7, 11) is 1.70. The predicted octanol–water partition coefficient (Wildman–Crippen LogP) is 2.46. The number of hydrogen-bond acceptors (Lipinski definition) is 10. The number of amides is 1. The van der Waals surface area contributed by atoms with Crippen molar-refractivity contribution in [1.29, 1.82) is 0 Å². The minimum atomic E-state index is -1.50. The van der Waals surface area contributed by atoms with Crippen LogP contribution in [0.4, 0.5) is 15.8 Å². The van der Waals surface area contributed by atoms with Crippen LogP contribution in [0.3, 0.4) is 0 Å². The van der Waals surface area contributed by atoms with E-state index >= 15 is 4.39 Å². The van der Waals surface area contributed by atoms with Crippen molar-refractivity contribution >= 4 is 40.5 Å². The van der Waals surface area contributed by atoms with Gasteiger partial charge in [0.25, 0.3) is 5.56 Å². The molecule has 230 valence electrons. The number of nitrogens with one attached hydrogen (secondary N) is 1. The highest BCUT2D eigenvalue weighted by Crippen LogP contribution is 2.36. The summed E-state index contributed by atoms with van der Waals surface area (Å²) in [6.45, 7) is 1.48. The van der Waals surface area contributed by atoms with Gasteiger partial charge in [0.1, 0.15) is 5.16 Å². The summed E-state index contributed by atoms with van der Waals surface area (Å²) in [5, 5.41) is 29.5. The number of carbonyl (C=O) groups is 1. The molecule has 16 heteroatoms. The van der Waals surface area contributed by atoms with E-state index in [4.69, 9.17) is 34.8 Å². The summed E-state index contributed by atoms with van der Waals surface area (Å²) < 4.78 is 18.1. The van der Waals surface area contributed by atoms with Gasteiger partial charge >= 0.3 is 0 Å². The Morgan fingerprint density at radius 1 is 1.23 bits per heavy atom. The van der Waals surface area contributed by atoms with Gasteiger partial charge in [0, 0.05) is 31.3 Å². The molecular weight excluding hydrogens is 616 g/mol. The molecule has 1 amide bonds. The number of anilines is 2. The molecule has 4 atom stereocenters. The zero-order valence-electron chi connectivity index (χ0n) is 23.4. The molecule has 44 heavy (non-hydrogen) atoms. The molecule has 0 radical (unpaired) electrons. The number of aromatic nitrogens is 5. The summed E-state index contributed by atoms with van der Waals surface area (Å²) >= 11 is 11.8. The number of nitrogens with zero attached hydrogens (tertiary/aromatic N) is 6. The molecule has 13 nitrogen and oxygen atoms in total. The number of nitrogens with two attached hydrogens (primary N) is 2.